The van der Waals surface area contributed by atoms with Gasteiger partial charge in [0.15, 0.2) is 0 Å². The zero-order chi connectivity index (χ0) is 9.31. The van der Waals surface area contributed by atoms with Gasteiger partial charge in [-0.05, 0) is 12.8 Å². The van der Waals surface area contributed by atoms with E-state index < -0.39 is 10.2 Å². The van der Waals surface area contributed by atoms with Crippen LogP contribution in [0.3, 0.4) is 0 Å². The van der Waals surface area contributed by atoms with Gasteiger partial charge in [0.1, 0.15) is 6.33 Å². The van der Waals surface area contributed by atoms with E-state index in [1.54, 1.807) is 0 Å². The molecule has 2 rings (SSSR count). The monoisotopic (exact) mass is 203 g/mol. The largest absolute Gasteiger partial charge is 0.301 e. The molecule has 7 nitrogen and oxygen atoms in total. The van der Waals surface area contributed by atoms with Crippen molar-refractivity contribution in [1.82, 2.24) is 19.9 Å². The van der Waals surface area contributed by atoms with Crippen molar-refractivity contribution in [2.24, 2.45) is 0 Å². The van der Waals surface area contributed by atoms with Crippen LogP contribution in [0.1, 0.15) is 12.8 Å². The smallest absolute Gasteiger partial charge is 0.245 e. The van der Waals surface area contributed by atoms with Gasteiger partial charge in [-0.15, -0.1) is 0 Å². The molecule has 0 unspecified atom stereocenters. The second kappa shape index (κ2) is 2.96. The zero-order valence-electron chi connectivity index (χ0n) is 6.69. The van der Waals surface area contributed by atoms with Crippen LogP contribution in [0.15, 0.2) is 6.33 Å². The van der Waals surface area contributed by atoms with Gasteiger partial charge >= 0.3 is 10.2 Å². The molecule has 72 valence electrons. The first-order valence-electron chi connectivity index (χ1n) is 3.81. The van der Waals surface area contributed by atoms with Crippen molar-refractivity contribution in [1.29, 1.82) is 0 Å². The Hall–Kier alpha value is -1.15. The summed E-state index contributed by atoms with van der Waals surface area (Å²) in [6.45, 7) is 0. The molecule has 0 spiro atoms. The second-order valence-electron chi connectivity index (χ2n) is 2.83. The Labute approximate surface area is 75.1 Å². The first kappa shape index (κ1) is 8.45. The molecule has 3 N–H and O–H groups in total. The lowest BCUT2D eigenvalue weighted by Gasteiger charge is -2.04. The fourth-order valence-electron chi connectivity index (χ4n) is 0.832. The summed E-state index contributed by atoms with van der Waals surface area (Å²) in [5, 5.41) is 5.91. The van der Waals surface area contributed by atoms with E-state index in [-0.39, 0.29) is 12.0 Å². The van der Waals surface area contributed by atoms with E-state index in [0.717, 1.165) is 12.8 Å². The summed E-state index contributed by atoms with van der Waals surface area (Å²) in [5.74, 6) is 0.119. The highest BCUT2D eigenvalue weighted by molar-refractivity contribution is 7.90. The van der Waals surface area contributed by atoms with E-state index in [9.17, 15) is 8.42 Å². The quantitative estimate of drug-likeness (QED) is 0.597. The average molecular weight is 203 g/mol. The van der Waals surface area contributed by atoms with Crippen LogP contribution in [0.25, 0.3) is 0 Å². The van der Waals surface area contributed by atoms with Gasteiger partial charge in [0.25, 0.3) is 0 Å². The molecule has 1 saturated carbocycles. The van der Waals surface area contributed by atoms with Gasteiger partial charge in [-0.3, -0.25) is 0 Å². The SMILES string of the molecule is O=S(=O)(Nc1ncn[nH]1)NC1CC1. The molecule has 8 heteroatoms. The Morgan fingerprint density at radius 3 is 2.85 bits per heavy atom. The first-order valence-corrected chi connectivity index (χ1v) is 5.29. The highest BCUT2D eigenvalue weighted by Crippen LogP contribution is 2.19. The lowest BCUT2D eigenvalue weighted by Crippen LogP contribution is -2.32. The molecule has 1 aliphatic rings. The summed E-state index contributed by atoms with van der Waals surface area (Å²) < 4.78 is 27.1. The summed E-state index contributed by atoms with van der Waals surface area (Å²) in [6.07, 6.45) is 3.03. The Kier molecular flexibility index (Phi) is 1.93. The van der Waals surface area contributed by atoms with Crippen molar-refractivity contribution in [3.63, 3.8) is 0 Å². The molecule has 0 aliphatic heterocycles. The standard InChI is InChI=1S/C5H9N5O2S/c11-13(12,9-4-1-2-4)10-5-6-3-7-8-5/h3-4,9H,1-2H2,(H2,6,7,8,10). The van der Waals surface area contributed by atoms with Crippen LogP contribution < -0.4 is 9.44 Å². The minimum absolute atomic E-state index is 0.0837. The minimum Gasteiger partial charge on any atom is -0.245 e. The topological polar surface area (TPSA) is 99.8 Å². The maximum atomic E-state index is 11.2. The molecular formula is C5H9N5O2S. The van der Waals surface area contributed by atoms with E-state index in [1.807, 2.05) is 0 Å². The van der Waals surface area contributed by atoms with Crippen molar-refractivity contribution in [3.05, 3.63) is 6.33 Å². The molecule has 13 heavy (non-hydrogen) atoms. The lowest BCUT2D eigenvalue weighted by atomic mass is 10.8. The number of hydrogen-bond donors (Lipinski definition) is 3. The number of nitrogens with zero attached hydrogens (tertiary/aromatic N) is 2. The van der Waals surface area contributed by atoms with Crippen LogP contribution in [-0.2, 0) is 10.2 Å². The number of nitrogens with one attached hydrogen (secondary N) is 3. The molecule has 0 amide bonds. The van der Waals surface area contributed by atoms with Crippen LogP contribution in [0.5, 0.6) is 0 Å². The molecule has 0 atom stereocenters. The van der Waals surface area contributed by atoms with Gasteiger partial charge in [-0.25, -0.2) is 9.82 Å². The van der Waals surface area contributed by atoms with Crippen LogP contribution >= 0.6 is 0 Å². The van der Waals surface area contributed by atoms with Crippen LogP contribution in [-0.4, -0.2) is 29.6 Å². The van der Waals surface area contributed by atoms with Crippen molar-refractivity contribution in [2.45, 2.75) is 18.9 Å². The summed E-state index contributed by atoms with van der Waals surface area (Å²) in [6, 6.07) is 0.0837. The Morgan fingerprint density at radius 1 is 1.54 bits per heavy atom. The third-order valence-electron chi connectivity index (χ3n) is 1.55. The zero-order valence-corrected chi connectivity index (χ0v) is 7.50. The second-order valence-corrected chi connectivity index (χ2v) is 4.28. The Morgan fingerprint density at radius 2 is 2.31 bits per heavy atom. The number of aromatic amines is 1. The number of aromatic nitrogens is 3. The van der Waals surface area contributed by atoms with E-state index in [1.165, 1.54) is 6.33 Å². The summed E-state index contributed by atoms with van der Waals surface area (Å²) in [4.78, 5) is 3.63. The maximum absolute atomic E-state index is 11.2. The van der Waals surface area contributed by atoms with Gasteiger partial charge in [-0.1, -0.05) is 0 Å². The summed E-state index contributed by atoms with van der Waals surface area (Å²) in [7, 11) is -3.48. The Balaban J connectivity index is 1.99. The van der Waals surface area contributed by atoms with E-state index in [4.69, 9.17) is 0 Å². The molecule has 1 aromatic heterocycles. The van der Waals surface area contributed by atoms with Gasteiger partial charge < -0.3 is 0 Å². The molecule has 1 fully saturated rings. The van der Waals surface area contributed by atoms with E-state index in [2.05, 4.69) is 24.6 Å². The third kappa shape index (κ3) is 2.39. The molecule has 1 aromatic rings. The predicted octanol–water partition coefficient (Wildman–Crippen LogP) is -0.787. The fraction of sp³-hybridized carbons (Fsp3) is 0.600. The predicted molar refractivity (Wildman–Crippen MR) is 45.1 cm³/mol. The van der Waals surface area contributed by atoms with E-state index >= 15 is 0 Å². The first-order chi connectivity index (χ1) is 6.16. The highest BCUT2D eigenvalue weighted by atomic mass is 32.2. The van der Waals surface area contributed by atoms with Gasteiger partial charge in [0.2, 0.25) is 5.95 Å². The molecule has 0 radical (unpaired) electrons. The molecule has 1 aliphatic carbocycles. The average Bonchev–Trinajstić information content (AvgIpc) is 2.64. The lowest BCUT2D eigenvalue weighted by molar-refractivity contribution is 0.586. The van der Waals surface area contributed by atoms with E-state index in [0.29, 0.717) is 0 Å². The van der Waals surface area contributed by atoms with Crippen LogP contribution in [0.2, 0.25) is 0 Å². The Bertz CT molecular complexity index is 368. The number of H-pyrrole nitrogens is 1. The van der Waals surface area contributed by atoms with Crippen molar-refractivity contribution in [2.75, 3.05) is 4.72 Å². The van der Waals surface area contributed by atoms with Crippen LogP contribution in [0, 0.1) is 0 Å². The summed E-state index contributed by atoms with van der Waals surface area (Å²) in [5.41, 5.74) is 0. The number of hydrogen-bond acceptors (Lipinski definition) is 4. The van der Waals surface area contributed by atoms with Crippen molar-refractivity contribution < 1.29 is 8.42 Å². The normalized spacial score (nSPS) is 17.2. The van der Waals surface area contributed by atoms with Crippen molar-refractivity contribution >= 4 is 16.2 Å². The summed E-state index contributed by atoms with van der Waals surface area (Å²) >= 11 is 0. The highest BCUT2D eigenvalue weighted by Gasteiger charge is 2.27. The maximum Gasteiger partial charge on any atom is 0.301 e. The van der Waals surface area contributed by atoms with Gasteiger partial charge in [-0.2, -0.15) is 23.2 Å². The van der Waals surface area contributed by atoms with Gasteiger partial charge in [0.05, 0.1) is 0 Å². The number of anilines is 1. The third-order valence-corrected chi connectivity index (χ3v) is 2.65. The fourth-order valence-corrected chi connectivity index (χ4v) is 1.92. The van der Waals surface area contributed by atoms with Gasteiger partial charge in [0, 0.05) is 6.04 Å². The molecule has 0 bridgehead atoms. The minimum atomic E-state index is -3.48. The molecule has 0 saturated heterocycles. The number of rotatable bonds is 4. The molecule has 0 aromatic carbocycles. The molecular weight excluding hydrogens is 194 g/mol. The van der Waals surface area contributed by atoms with Crippen LogP contribution in [0.4, 0.5) is 5.95 Å². The van der Waals surface area contributed by atoms with Crippen molar-refractivity contribution in [3.8, 4) is 0 Å². The molecule has 1 heterocycles.